The summed E-state index contributed by atoms with van der Waals surface area (Å²) >= 11 is 0. The second-order valence-corrected chi connectivity index (χ2v) is 5.90. The van der Waals surface area contributed by atoms with E-state index in [0.717, 1.165) is 42.9 Å². The minimum Gasteiger partial charge on any atom is -0.370 e. The highest BCUT2D eigenvalue weighted by Gasteiger charge is 2.17. The summed E-state index contributed by atoms with van der Waals surface area (Å²) < 4.78 is 0. The van der Waals surface area contributed by atoms with E-state index in [1.807, 2.05) is 13.0 Å². The van der Waals surface area contributed by atoms with Gasteiger partial charge in [0.2, 0.25) is 5.95 Å². The standard InChI is InChI=1S/C16H29N5/c1-4-8-17-16-19-13(3)11-15(20-16)18-12-14-6-9-21(5-2)10-7-14/h11,14H,4-10,12H2,1-3H3,(H2,17,18,19,20). The van der Waals surface area contributed by atoms with Crippen molar-refractivity contribution in [1.82, 2.24) is 14.9 Å². The zero-order valence-corrected chi connectivity index (χ0v) is 13.7. The molecule has 0 saturated carbocycles. The molecule has 2 heterocycles. The number of likely N-dealkylation sites (tertiary alicyclic amines) is 1. The van der Waals surface area contributed by atoms with Gasteiger partial charge in [0.05, 0.1) is 0 Å². The lowest BCUT2D eigenvalue weighted by Crippen LogP contribution is -2.35. The van der Waals surface area contributed by atoms with Crippen molar-refractivity contribution in [1.29, 1.82) is 0 Å². The maximum absolute atomic E-state index is 4.54. The van der Waals surface area contributed by atoms with Crippen LogP contribution in [0.3, 0.4) is 0 Å². The summed E-state index contributed by atoms with van der Waals surface area (Å²) in [5.41, 5.74) is 1.01. The first-order valence-electron chi connectivity index (χ1n) is 8.27. The molecule has 0 bridgehead atoms. The Kier molecular flexibility index (Phi) is 6.23. The van der Waals surface area contributed by atoms with Crippen LogP contribution in [-0.4, -0.2) is 47.6 Å². The van der Waals surface area contributed by atoms with Crippen LogP contribution in [0.15, 0.2) is 6.07 Å². The van der Waals surface area contributed by atoms with Crippen molar-refractivity contribution in [3.05, 3.63) is 11.8 Å². The first kappa shape index (κ1) is 16.0. The molecule has 1 aromatic rings. The summed E-state index contributed by atoms with van der Waals surface area (Å²) in [4.78, 5) is 11.5. The Labute approximate surface area is 128 Å². The minimum atomic E-state index is 0.736. The second-order valence-electron chi connectivity index (χ2n) is 5.90. The molecule has 1 aromatic heterocycles. The lowest BCUT2D eigenvalue weighted by molar-refractivity contribution is 0.198. The van der Waals surface area contributed by atoms with Gasteiger partial charge in [0.15, 0.2) is 0 Å². The molecule has 21 heavy (non-hydrogen) atoms. The van der Waals surface area contributed by atoms with Gasteiger partial charge in [-0.3, -0.25) is 0 Å². The highest BCUT2D eigenvalue weighted by Crippen LogP contribution is 2.18. The van der Waals surface area contributed by atoms with Crippen LogP contribution in [0.25, 0.3) is 0 Å². The Morgan fingerprint density at radius 1 is 1.19 bits per heavy atom. The highest BCUT2D eigenvalue weighted by molar-refractivity contribution is 5.42. The Morgan fingerprint density at radius 3 is 2.62 bits per heavy atom. The van der Waals surface area contributed by atoms with Gasteiger partial charge in [0.1, 0.15) is 5.82 Å². The molecular weight excluding hydrogens is 262 g/mol. The number of hydrogen-bond donors (Lipinski definition) is 2. The Hall–Kier alpha value is -1.36. The predicted octanol–water partition coefficient (Wildman–Crippen LogP) is 2.75. The van der Waals surface area contributed by atoms with Gasteiger partial charge in [-0.2, -0.15) is 4.98 Å². The van der Waals surface area contributed by atoms with Gasteiger partial charge >= 0.3 is 0 Å². The van der Waals surface area contributed by atoms with Crippen LogP contribution in [0, 0.1) is 12.8 Å². The van der Waals surface area contributed by atoms with Crippen molar-refractivity contribution < 1.29 is 0 Å². The van der Waals surface area contributed by atoms with E-state index in [2.05, 4.69) is 39.3 Å². The van der Waals surface area contributed by atoms with Crippen molar-refractivity contribution in [2.24, 2.45) is 5.92 Å². The molecule has 1 aliphatic heterocycles. The van der Waals surface area contributed by atoms with Gasteiger partial charge in [0, 0.05) is 24.8 Å². The molecule has 1 saturated heterocycles. The average Bonchev–Trinajstić information content (AvgIpc) is 2.51. The number of nitrogens with zero attached hydrogens (tertiary/aromatic N) is 3. The molecule has 0 aromatic carbocycles. The monoisotopic (exact) mass is 291 g/mol. The number of rotatable bonds is 7. The van der Waals surface area contributed by atoms with Crippen LogP contribution in [-0.2, 0) is 0 Å². The Morgan fingerprint density at radius 2 is 1.95 bits per heavy atom. The van der Waals surface area contributed by atoms with E-state index in [0.29, 0.717) is 0 Å². The molecule has 0 atom stereocenters. The highest BCUT2D eigenvalue weighted by atomic mass is 15.1. The molecular formula is C16H29N5. The summed E-state index contributed by atoms with van der Waals surface area (Å²) in [6, 6.07) is 2.03. The van der Waals surface area contributed by atoms with Gasteiger partial charge in [-0.05, 0) is 51.7 Å². The number of hydrogen-bond acceptors (Lipinski definition) is 5. The molecule has 1 fully saturated rings. The largest absolute Gasteiger partial charge is 0.370 e. The molecule has 2 N–H and O–H groups in total. The van der Waals surface area contributed by atoms with E-state index in [4.69, 9.17) is 0 Å². The van der Waals surface area contributed by atoms with Crippen molar-refractivity contribution in [3.63, 3.8) is 0 Å². The van der Waals surface area contributed by atoms with Crippen LogP contribution >= 0.6 is 0 Å². The Bertz CT molecular complexity index is 427. The molecule has 5 nitrogen and oxygen atoms in total. The van der Waals surface area contributed by atoms with E-state index >= 15 is 0 Å². The fourth-order valence-corrected chi connectivity index (χ4v) is 2.73. The smallest absolute Gasteiger partial charge is 0.224 e. The number of aromatic nitrogens is 2. The van der Waals surface area contributed by atoms with Crippen LogP contribution in [0.4, 0.5) is 11.8 Å². The lowest BCUT2D eigenvalue weighted by Gasteiger charge is -2.31. The topological polar surface area (TPSA) is 53.1 Å². The number of nitrogens with one attached hydrogen (secondary N) is 2. The normalized spacial score (nSPS) is 16.9. The molecule has 2 rings (SSSR count). The zero-order valence-electron chi connectivity index (χ0n) is 13.7. The molecule has 0 aliphatic carbocycles. The van der Waals surface area contributed by atoms with Crippen molar-refractivity contribution in [2.75, 3.05) is 43.4 Å². The first-order valence-corrected chi connectivity index (χ1v) is 8.27. The molecule has 0 radical (unpaired) electrons. The van der Waals surface area contributed by atoms with Crippen molar-refractivity contribution in [2.45, 2.75) is 40.0 Å². The van der Waals surface area contributed by atoms with E-state index in [1.165, 1.54) is 32.5 Å². The summed E-state index contributed by atoms with van der Waals surface area (Å²) in [5.74, 6) is 2.44. The summed E-state index contributed by atoms with van der Waals surface area (Å²) in [6.07, 6.45) is 3.65. The van der Waals surface area contributed by atoms with Gasteiger partial charge in [-0.1, -0.05) is 13.8 Å². The van der Waals surface area contributed by atoms with Crippen LogP contribution in [0.5, 0.6) is 0 Å². The molecule has 118 valence electrons. The quantitative estimate of drug-likeness (QED) is 0.809. The van der Waals surface area contributed by atoms with E-state index < -0.39 is 0 Å². The van der Waals surface area contributed by atoms with E-state index in [1.54, 1.807) is 0 Å². The third-order valence-corrected chi connectivity index (χ3v) is 4.11. The fraction of sp³-hybridized carbons (Fsp3) is 0.750. The minimum absolute atomic E-state index is 0.736. The zero-order chi connectivity index (χ0) is 15.1. The molecule has 0 amide bonds. The van der Waals surface area contributed by atoms with Gasteiger partial charge in [-0.15, -0.1) is 0 Å². The van der Waals surface area contributed by atoms with Gasteiger partial charge < -0.3 is 15.5 Å². The number of piperidine rings is 1. The van der Waals surface area contributed by atoms with Crippen LogP contribution in [0.1, 0.15) is 38.8 Å². The molecule has 5 heteroatoms. The number of aryl methyl sites for hydroxylation is 1. The summed E-state index contributed by atoms with van der Waals surface area (Å²) in [7, 11) is 0. The third-order valence-electron chi connectivity index (χ3n) is 4.11. The maximum Gasteiger partial charge on any atom is 0.224 e. The third kappa shape index (κ3) is 5.16. The van der Waals surface area contributed by atoms with E-state index in [-0.39, 0.29) is 0 Å². The average molecular weight is 291 g/mol. The molecule has 1 aliphatic rings. The van der Waals surface area contributed by atoms with Crippen LogP contribution in [0.2, 0.25) is 0 Å². The Balaban J connectivity index is 1.84. The summed E-state index contributed by atoms with van der Waals surface area (Å²) in [6.45, 7) is 12.0. The fourth-order valence-electron chi connectivity index (χ4n) is 2.73. The van der Waals surface area contributed by atoms with E-state index in [9.17, 15) is 0 Å². The van der Waals surface area contributed by atoms with Crippen molar-refractivity contribution >= 4 is 11.8 Å². The molecule has 0 unspecified atom stereocenters. The van der Waals surface area contributed by atoms with Crippen molar-refractivity contribution in [3.8, 4) is 0 Å². The summed E-state index contributed by atoms with van der Waals surface area (Å²) in [5, 5.41) is 6.75. The van der Waals surface area contributed by atoms with Gasteiger partial charge in [-0.25, -0.2) is 4.98 Å². The SMILES string of the molecule is CCCNc1nc(C)cc(NCC2CCN(CC)CC2)n1. The lowest BCUT2D eigenvalue weighted by atomic mass is 9.97. The molecule has 0 spiro atoms. The predicted molar refractivity (Wildman–Crippen MR) is 88.9 cm³/mol. The second kappa shape index (κ2) is 8.17. The maximum atomic E-state index is 4.54. The van der Waals surface area contributed by atoms with Crippen LogP contribution < -0.4 is 10.6 Å². The van der Waals surface area contributed by atoms with Gasteiger partial charge in [0.25, 0.3) is 0 Å². The number of anilines is 2. The first-order chi connectivity index (χ1) is 10.2.